The van der Waals surface area contributed by atoms with Crippen LogP contribution in [-0.4, -0.2) is 99.1 Å². The maximum absolute atomic E-state index is 13.5. The van der Waals surface area contributed by atoms with E-state index in [1.54, 1.807) is 0 Å². The van der Waals surface area contributed by atoms with Gasteiger partial charge in [0.1, 0.15) is 30.1 Å². The van der Waals surface area contributed by atoms with Crippen molar-refractivity contribution in [1.29, 1.82) is 0 Å². The van der Waals surface area contributed by atoms with E-state index < -0.39 is 36.7 Å². The Hall–Kier alpha value is -5.00. The smallest absolute Gasteiger partial charge is 0.330 e. The average Bonchev–Trinajstić information content (AvgIpc) is 3.70. The zero-order valence-corrected chi connectivity index (χ0v) is 41.4. The van der Waals surface area contributed by atoms with Crippen LogP contribution in [0.3, 0.4) is 0 Å². The summed E-state index contributed by atoms with van der Waals surface area (Å²) in [6.07, 6.45) is 18.1. The van der Waals surface area contributed by atoms with Crippen LogP contribution in [0.1, 0.15) is 134 Å². The summed E-state index contributed by atoms with van der Waals surface area (Å²) in [4.78, 5) is 59.1. The molecule has 0 saturated heterocycles. The minimum Gasteiger partial charge on any atom is -0.467 e. The first-order valence-corrected chi connectivity index (χ1v) is 25.7. The van der Waals surface area contributed by atoms with Crippen LogP contribution in [0, 0.1) is 0 Å². The van der Waals surface area contributed by atoms with Crippen LogP contribution in [0.4, 0.5) is 5.82 Å². The van der Waals surface area contributed by atoms with E-state index in [1.165, 1.54) is 76.0 Å². The number of nitrogens with two attached hydrogens (primary N) is 1. The number of aliphatic hydroxyl groups is 1. The van der Waals surface area contributed by atoms with Crippen molar-refractivity contribution in [3.8, 4) is 0 Å². The quantitative estimate of drug-likeness (QED) is 0.00993. The number of hydrogen-bond acceptors (Lipinski definition) is 13. The molecule has 2 heterocycles. The first kappa shape index (κ1) is 54.6. The van der Waals surface area contributed by atoms with Gasteiger partial charge in [-0.25, -0.2) is 14.8 Å². The number of fused-ring (bicyclic) bond motifs is 3. The zero-order valence-electron chi connectivity index (χ0n) is 39.7. The number of thioether (sulfide) groups is 1. The van der Waals surface area contributed by atoms with Crippen molar-refractivity contribution in [3.63, 3.8) is 0 Å². The lowest BCUT2D eigenvalue weighted by Crippen LogP contribution is -2.55. The van der Waals surface area contributed by atoms with E-state index in [4.69, 9.17) is 37.1 Å². The van der Waals surface area contributed by atoms with Crippen LogP contribution in [0.25, 0.3) is 21.9 Å². The van der Waals surface area contributed by atoms with Crippen molar-refractivity contribution in [2.75, 3.05) is 37.6 Å². The van der Waals surface area contributed by atoms with Crippen LogP contribution < -0.4 is 21.7 Å². The highest BCUT2D eigenvalue weighted by Gasteiger charge is 2.27. The number of anilines is 1. The standard InChI is InChI=1S/C50H73N7O8S2/c1-4-6-8-9-10-11-12-13-14-15-16-17-18-24-44(60)64-32-38(65-35-59)33-67-34-42(48(61)54-41(31-58)49(62)63-3)55-50(66)52-29-36-25-27-37(28-26-36)30-57-43(23-7-5-2)56-45-46(57)39-21-19-20-22-40(39)53-47(45)51/h19-22,25-28,35,38,41-42,58H,4-18,23-24,29-34H2,1-3H3,(H2,51,53)(H,54,61)(H2,52,55,66)/t38-,41+,42?/m1/s1. The number of nitrogens with zero attached hydrogens (tertiary/aromatic N) is 3. The number of thiocarbonyl (C=S) groups is 1. The number of aryl methyl sites for hydroxylation is 1. The van der Waals surface area contributed by atoms with E-state index in [0.29, 0.717) is 37.3 Å². The number of carbonyl (C=O) groups excluding carboxylic acids is 4. The number of esters is 2. The largest absolute Gasteiger partial charge is 0.467 e. The lowest BCUT2D eigenvalue weighted by molar-refractivity contribution is -0.151. The van der Waals surface area contributed by atoms with Crippen molar-refractivity contribution in [2.45, 2.75) is 154 Å². The summed E-state index contributed by atoms with van der Waals surface area (Å²) in [5.41, 5.74) is 10.9. The highest BCUT2D eigenvalue weighted by Crippen LogP contribution is 2.30. The third-order valence-electron chi connectivity index (χ3n) is 11.6. The van der Waals surface area contributed by atoms with Crippen molar-refractivity contribution in [2.24, 2.45) is 0 Å². The number of carbonyl (C=O) groups is 4. The number of unbranched alkanes of at least 4 members (excludes halogenated alkanes) is 13. The molecule has 6 N–H and O–H groups in total. The number of rotatable bonds is 34. The molecule has 67 heavy (non-hydrogen) atoms. The van der Waals surface area contributed by atoms with Gasteiger partial charge in [-0.15, -0.1) is 0 Å². The van der Waals surface area contributed by atoms with Crippen molar-refractivity contribution < 1.29 is 38.5 Å². The fraction of sp³-hybridized carbons (Fsp3) is 0.580. The molecule has 17 heteroatoms. The summed E-state index contributed by atoms with van der Waals surface area (Å²) in [6.45, 7) is 4.85. The molecule has 3 atom stereocenters. The van der Waals surface area contributed by atoms with Gasteiger partial charge in [-0.1, -0.05) is 140 Å². The molecule has 4 rings (SSSR count). The molecule has 368 valence electrons. The van der Waals surface area contributed by atoms with Crippen molar-refractivity contribution >= 4 is 81.2 Å². The minimum absolute atomic E-state index is 0.119. The number of nitrogen functional groups attached to an aromatic ring is 1. The molecule has 4 aromatic rings. The first-order chi connectivity index (χ1) is 32.6. The van der Waals surface area contributed by atoms with E-state index in [1.807, 2.05) is 30.3 Å². The predicted octanol–water partition coefficient (Wildman–Crippen LogP) is 7.84. The number of imidazole rings is 1. The summed E-state index contributed by atoms with van der Waals surface area (Å²) in [7, 11) is 1.16. The first-order valence-electron chi connectivity index (χ1n) is 24.1. The molecule has 0 aliphatic carbocycles. The van der Waals surface area contributed by atoms with E-state index >= 15 is 0 Å². The predicted molar refractivity (Wildman–Crippen MR) is 271 cm³/mol. The Kier molecular flexibility index (Phi) is 25.4. The number of para-hydroxylation sites is 1. The lowest BCUT2D eigenvalue weighted by atomic mass is 10.0. The van der Waals surface area contributed by atoms with E-state index in [-0.39, 0.29) is 29.2 Å². The van der Waals surface area contributed by atoms with Crippen LogP contribution in [-0.2, 0) is 52.9 Å². The molecule has 0 aliphatic rings. The molecule has 2 aromatic carbocycles. The number of hydrogen-bond donors (Lipinski definition) is 5. The third-order valence-corrected chi connectivity index (χ3v) is 13.1. The van der Waals surface area contributed by atoms with E-state index in [9.17, 15) is 24.3 Å². The van der Waals surface area contributed by atoms with Gasteiger partial charge in [0.05, 0.1) is 24.8 Å². The molecule has 15 nitrogen and oxygen atoms in total. The monoisotopic (exact) mass is 963 g/mol. The molecule has 0 spiro atoms. The van der Waals surface area contributed by atoms with Gasteiger partial charge < -0.3 is 45.6 Å². The molecule has 0 saturated carbocycles. The Balaban J connectivity index is 1.27. The third kappa shape index (κ3) is 18.9. The molecule has 1 amide bonds. The Morgan fingerprint density at radius 3 is 2.12 bits per heavy atom. The van der Waals surface area contributed by atoms with Crippen LogP contribution in [0.5, 0.6) is 0 Å². The molecule has 0 fully saturated rings. The second-order valence-corrected chi connectivity index (χ2v) is 18.4. The number of amides is 1. The van der Waals surface area contributed by atoms with Gasteiger partial charge in [-0.3, -0.25) is 14.4 Å². The van der Waals surface area contributed by atoms with Gasteiger partial charge in [-0.05, 0) is 42.3 Å². The van der Waals surface area contributed by atoms with E-state index in [2.05, 4.69) is 57.5 Å². The number of aliphatic hydroxyl groups excluding tert-OH is 1. The topological polar surface area (TPSA) is 209 Å². The Morgan fingerprint density at radius 2 is 1.48 bits per heavy atom. The number of benzene rings is 2. The van der Waals surface area contributed by atoms with Crippen LogP contribution in [0.15, 0.2) is 48.5 Å². The lowest BCUT2D eigenvalue weighted by Gasteiger charge is -2.23. The van der Waals surface area contributed by atoms with Crippen molar-refractivity contribution in [3.05, 3.63) is 65.5 Å². The highest BCUT2D eigenvalue weighted by molar-refractivity contribution is 7.99. The summed E-state index contributed by atoms with van der Waals surface area (Å²) in [6, 6.07) is 13.8. The number of ether oxygens (including phenoxy) is 3. The van der Waals surface area contributed by atoms with Gasteiger partial charge in [0.2, 0.25) is 5.91 Å². The number of pyridine rings is 1. The van der Waals surface area contributed by atoms with Crippen LogP contribution >= 0.6 is 24.0 Å². The van der Waals surface area contributed by atoms with Gasteiger partial charge in [-0.2, -0.15) is 11.8 Å². The van der Waals surface area contributed by atoms with Gasteiger partial charge in [0.25, 0.3) is 6.47 Å². The Labute approximate surface area is 405 Å². The fourth-order valence-electron chi connectivity index (χ4n) is 7.78. The minimum atomic E-state index is -1.29. The van der Waals surface area contributed by atoms with E-state index in [0.717, 1.165) is 79.0 Å². The molecule has 0 radical (unpaired) electrons. The Morgan fingerprint density at radius 1 is 0.836 bits per heavy atom. The summed E-state index contributed by atoms with van der Waals surface area (Å²) < 4.78 is 17.6. The van der Waals surface area contributed by atoms with Gasteiger partial charge >= 0.3 is 11.9 Å². The fourth-order valence-corrected chi connectivity index (χ4v) is 9.04. The second-order valence-electron chi connectivity index (χ2n) is 17.0. The highest BCUT2D eigenvalue weighted by atomic mass is 32.2. The number of aromatic nitrogens is 3. The SMILES string of the molecule is CCCCCCCCCCCCCCCC(=O)OC[C@H](CSCC(NC(=S)NCc1ccc(Cn2c(CCCC)nc3c(N)nc4ccccc4c32)cc1)C(=O)N[C@@H](CO)C(=O)OC)OC=O. The molecule has 2 aromatic heterocycles. The molecular weight excluding hydrogens is 891 g/mol. The van der Waals surface area contributed by atoms with Crippen LogP contribution in [0.2, 0.25) is 0 Å². The zero-order chi connectivity index (χ0) is 48.2. The summed E-state index contributed by atoms with van der Waals surface area (Å²) >= 11 is 6.87. The molecular formula is C50H73N7O8S2. The molecule has 0 aliphatic heterocycles. The number of methoxy groups -OCH3 is 1. The van der Waals surface area contributed by atoms with Gasteiger partial charge in [0, 0.05) is 42.8 Å². The Bertz CT molecular complexity index is 2140. The summed E-state index contributed by atoms with van der Waals surface area (Å²) in [5.74, 6) is -0.0709. The van der Waals surface area contributed by atoms with Gasteiger partial charge in [0.15, 0.2) is 17.0 Å². The van der Waals surface area contributed by atoms with Crippen molar-refractivity contribution in [1.82, 2.24) is 30.5 Å². The molecule has 0 bridgehead atoms. The summed E-state index contributed by atoms with van der Waals surface area (Å²) in [5, 5.41) is 19.6. The maximum atomic E-state index is 13.5. The number of nitrogens with one attached hydrogen (secondary N) is 3. The maximum Gasteiger partial charge on any atom is 0.330 e. The molecule has 1 unspecified atom stereocenters. The second kappa shape index (κ2) is 31.1. The average molecular weight is 964 g/mol. The normalized spacial score (nSPS) is 12.6.